The van der Waals surface area contributed by atoms with Crippen molar-refractivity contribution < 1.29 is 23.6 Å². The molecule has 1 amide bonds. The fourth-order valence-corrected chi connectivity index (χ4v) is 3.82. The molecule has 0 spiro atoms. The third kappa shape index (κ3) is 5.88. The molecular weight excluding hydrogens is 467 g/mol. The largest absolute Gasteiger partial charge is 0.454 e. The molecule has 0 saturated carbocycles. The van der Waals surface area contributed by atoms with Gasteiger partial charge in [0.25, 0.3) is 5.69 Å². The van der Waals surface area contributed by atoms with Crippen molar-refractivity contribution in [2.75, 3.05) is 31.1 Å². The highest BCUT2D eigenvalue weighted by molar-refractivity contribution is 5.72. The van der Waals surface area contributed by atoms with E-state index in [2.05, 4.69) is 9.88 Å². The fourth-order valence-electron chi connectivity index (χ4n) is 3.82. The smallest absolute Gasteiger partial charge is 0.410 e. The van der Waals surface area contributed by atoms with Crippen molar-refractivity contribution in [1.29, 1.82) is 0 Å². The summed E-state index contributed by atoms with van der Waals surface area (Å²) in [5.74, 6) is -0.572. The molecule has 0 aliphatic carbocycles. The zero-order valence-electron chi connectivity index (χ0n) is 20.3. The van der Waals surface area contributed by atoms with Crippen LogP contribution >= 0.6 is 0 Å². The van der Waals surface area contributed by atoms with Crippen molar-refractivity contribution >= 4 is 17.5 Å². The number of anilines is 1. The number of hydrogen-bond acceptors (Lipinski definition) is 7. The molecule has 10 heteroatoms. The van der Waals surface area contributed by atoms with Crippen LogP contribution in [0.25, 0.3) is 11.1 Å². The SMILES string of the molecule is CC(C)(C)OC(=O)N1CCN(c2ccc(-c3cnccc3Oc3ccc([N+](=O)[O-])cc3F)cc2)CC1. The summed E-state index contributed by atoms with van der Waals surface area (Å²) in [6.07, 6.45) is 2.85. The molecule has 1 aliphatic heterocycles. The van der Waals surface area contributed by atoms with E-state index in [1.807, 2.05) is 45.0 Å². The number of nitrogens with zero attached hydrogens (tertiary/aromatic N) is 4. The average molecular weight is 495 g/mol. The minimum absolute atomic E-state index is 0.118. The van der Waals surface area contributed by atoms with Crippen LogP contribution in [-0.2, 0) is 4.74 Å². The third-order valence-electron chi connectivity index (χ3n) is 5.60. The molecule has 36 heavy (non-hydrogen) atoms. The lowest BCUT2D eigenvalue weighted by Crippen LogP contribution is -2.50. The second kappa shape index (κ2) is 10.2. The number of carbonyl (C=O) groups is 1. The fraction of sp³-hybridized carbons (Fsp3) is 0.308. The Bertz CT molecular complexity index is 1250. The van der Waals surface area contributed by atoms with E-state index >= 15 is 0 Å². The minimum atomic E-state index is -0.826. The molecule has 188 valence electrons. The predicted molar refractivity (Wildman–Crippen MR) is 133 cm³/mol. The molecular formula is C26H27FN4O5. The molecule has 4 rings (SSSR count). The van der Waals surface area contributed by atoms with Crippen LogP contribution in [-0.4, -0.2) is 52.7 Å². The number of carbonyl (C=O) groups excluding carboxylic acids is 1. The van der Waals surface area contributed by atoms with Crippen LogP contribution in [0, 0.1) is 15.9 Å². The molecule has 1 aliphatic rings. The number of nitro groups is 1. The summed E-state index contributed by atoms with van der Waals surface area (Å²) < 4.78 is 25.6. The van der Waals surface area contributed by atoms with Crippen LogP contribution < -0.4 is 9.64 Å². The maximum absolute atomic E-state index is 14.4. The Hall–Kier alpha value is -4.21. The van der Waals surface area contributed by atoms with Gasteiger partial charge in [0.2, 0.25) is 0 Å². The Kier molecular flexibility index (Phi) is 7.05. The summed E-state index contributed by atoms with van der Waals surface area (Å²) in [6, 6.07) is 12.7. The van der Waals surface area contributed by atoms with Gasteiger partial charge in [-0.2, -0.15) is 0 Å². The summed E-state index contributed by atoms with van der Waals surface area (Å²) in [5.41, 5.74) is 1.60. The van der Waals surface area contributed by atoms with Crippen molar-refractivity contribution in [2.45, 2.75) is 26.4 Å². The maximum Gasteiger partial charge on any atom is 0.410 e. The van der Waals surface area contributed by atoms with Crippen LogP contribution in [0.15, 0.2) is 60.9 Å². The van der Waals surface area contributed by atoms with Crippen LogP contribution in [0.5, 0.6) is 11.5 Å². The van der Waals surface area contributed by atoms with E-state index in [-0.39, 0.29) is 17.5 Å². The quantitative estimate of drug-likeness (QED) is 0.334. The first-order chi connectivity index (χ1) is 17.1. The van der Waals surface area contributed by atoms with Gasteiger partial charge in [-0.25, -0.2) is 9.18 Å². The first kappa shape index (κ1) is 24.9. The Morgan fingerprint density at radius 2 is 1.72 bits per heavy atom. The third-order valence-corrected chi connectivity index (χ3v) is 5.60. The van der Waals surface area contributed by atoms with E-state index in [0.717, 1.165) is 17.3 Å². The van der Waals surface area contributed by atoms with E-state index < -0.39 is 16.3 Å². The van der Waals surface area contributed by atoms with E-state index in [1.165, 1.54) is 18.3 Å². The van der Waals surface area contributed by atoms with Crippen molar-refractivity contribution in [1.82, 2.24) is 9.88 Å². The number of piperazine rings is 1. The Morgan fingerprint density at radius 3 is 2.33 bits per heavy atom. The van der Waals surface area contributed by atoms with Crippen LogP contribution in [0.2, 0.25) is 0 Å². The molecule has 9 nitrogen and oxygen atoms in total. The summed E-state index contributed by atoms with van der Waals surface area (Å²) in [7, 11) is 0. The summed E-state index contributed by atoms with van der Waals surface area (Å²) in [4.78, 5) is 30.6. The molecule has 0 atom stereocenters. The van der Waals surface area contributed by atoms with Gasteiger partial charge >= 0.3 is 6.09 Å². The van der Waals surface area contributed by atoms with E-state index in [9.17, 15) is 19.3 Å². The maximum atomic E-state index is 14.4. The lowest BCUT2D eigenvalue weighted by atomic mass is 10.1. The van der Waals surface area contributed by atoms with Crippen LogP contribution in [0.1, 0.15) is 20.8 Å². The van der Waals surface area contributed by atoms with Gasteiger partial charge in [-0.15, -0.1) is 0 Å². The second-order valence-corrected chi connectivity index (χ2v) is 9.35. The zero-order valence-corrected chi connectivity index (χ0v) is 20.3. The highest BCUT2D eigenvalue weighted by atomic mass is 19.1. The second-order valence-electron chi connectivity index (χ2n) is 9.35. The highest BCUT2D eigenvalue weighted by Gasteiger charge is 2.26. The monoisotopic (exact) mass is 494 g/mol. The topological polar surface area (TPSA) is 98.0 Å². The summed E-state index contributed by atoms with van der Waals surface area (Å²) in [6.45, 7) is 8.05. The first-order valence-electron chi connectivity index (χ1n) is 11.5. The number of ether oxygens (including phenoxy) is 2. The van der Waals surface area contributed by atoms with Gasteiger partial charge in [-0.3, -0.25) is 15.1 Å². The van der Waals surface area contributed by atoms with Crippen molar-refractivity contribution in [3.63, 3.8) is 0 Å². The molecule has 1 saturated heterocycles. The number of halogens is 1. The van der Waals surface area contributed by atoms with E-state index in [4.69, 9.17) is 9.47 Å². The van der Waals surface area contributed by atoms with Gasteiger partial charge in [0, 0.05) is 55.9 Å². The Morgan fingerprint density at radius 1 is 1.03 bits per heavy atom. The standard InChI is InChI=1S/C26H27FN4O5/c1-26(2,3)36-25(32)30-14-12-29(13-15-30)19-6-4-18(5-7-19)21-17-28-11-10-23(21)35-24-9-8-20(31(33)34)16-22(24)27/h4-11,16-17H,12-15H2,1-3H3. The molecule has 2 aromatic carbocycles. The number of pyridine rings is 1. The summed E-state index contributed by atoms with van der Waals surface area (Å²) in [5, 5.41) is 10.9. The summed E-state index contributed by atoms with van der Waals surface area (Å²) >= 11 is 0. The molecule has 0 bridgehead atoms. The number of aromatic nitrogens is 1. The molecule has 1 aromatic heterocycles. The predicted octanol–water partition coefficient (Wildman–Crippen LogP) is 5.65. The first-order valence-corrected chi connectivity index (χ1v) is 11.5. The van der Waals surface area contributed by atoms with Crippen molar-refractivity contribution in [2.24, 2.45) is 0 Å². The Labute approximate surface area is 208 Å². The number of nitro benzene ring substituents is 1. The molecule has 1 fully saturated rings. The van der Waals surface area contributed by atoms with Gasteiger partial charge in [0.15, 0.2) is 11.6 Å². The molecule has 0 unspecified atom stereocenters. The molecule has 0 N–H and O–H groups in total. The number of rotatable bonds is 5. The van der Waals surface area contributed by atoms with E-state index in [1.54, 1.807) is 17.2 Å². The van der Waals surface area contributed by atoms with Crippen molar-refractivity contribution in [3.8, 4) is 22.6 Å². The van der Waals surface area contributed by atoms with Crippen LogP contribution in [0.4, 0.5) is 20.6 Å². The number of non-ortho nitro benzene ring substituents is 1. The molecule has 3 aromatic rings. The molecule has 2 heterocycles. The zero-order chi connectivity index (χ0) is 25.9. The average Bonchev–Trinajstić information content (AvgIpc) is 2.85. The van der Waals surface area contributed by atoms with Gasteiger partial charge in [-0.05, 0) is 50.6 Å². The number of hydrogen-bond donors (Lipinski definition) is 0. The highest BCUT2D eigenvalue weighted by Crippen LogP contribution is 2.35. The lowest BCUT2D eigenvalue weighted by Gasteiger charge is -2.36. The van der Waals surface area contributed by atoms with Crippen molar-refractivity contribution in [3.05, 3.63) is 76.9 Å². The lowest BCUT2D eigenvalue weighted by molar-refractivity contribution is -0.385. The van der Waals surface area contributed by atoms with Gasteiger partial charge in [-0.1, -0.05) is 12.1 Å². The number of amides is 1. The normalized spacial score (nSPS) is 13.9. The number of benzene rings is 2. The van der Waals surface area contributed by atoms with E-state index in [0.29, 0.717) is 37.5 Å². The van der Waals surface area contributed by atoms with Gasteiger partial charge in [0.1, 0.15) is 11.4 Å². The van der Waals surface area contributed by atoms with Crippen LogP contribution in [0.3, 0.4) is 0 Å². The van der Waals surface area contributed by atoms with Gasteiger partial charge in [0.05, 0.1) is 11.0 Å². The Balaban J connectivity index is 1.45. The minimum Gasteiger partial charge on any atom is -0.454 e. The van der Waals surface area contributed by atoms with Gasteiger partial charge < -0.3 is 19.3 Å². The molecule has 0 radical (unpaired) electrons.